The Labute approximate surface area is 110 Å². The van der Waals surface area contributed by atoms with Crippen LogP contribution in [0.25, 0.3) is 0 Å². The topological polar surface area (TPSA) is 33.0 Å². The van der Waals surface area contributed by atoms with E-state index in [1.165, 1.54) is 5.56 Å². The highest BCUT2D eigenvalue weighted by Gasteiger charge is 2.38. The summed E-state index contributed by atoms with van der Waals surface area (Å²) in [6.45, 7) is 4.34. The lowest BCUT2D eigenvalue weighted by Gasteiger charge is -2.35. The molecule has 0 amide bonds. The lowest BCUT2D eigenvalue weighted by molar-refractivity contribution is 0.286. The van der Waals surface area contributed by atoms with E-state index >= 15 is 0 Å². The first-order chi connectivity index (χ1) is 8.61. The van der Waals surface area contributed by atoms with Gasteiger partial charge in [0.15, 0.2) is 0 Å². The molecule has 96 valence electrons. The Morgan fingerprint density at radius 1 is 1.33 bits per heavy atom. The van der Waals surface area contributed by atoms with Crippen molar-refractivity contribution in [2.24, 2.45) is 5.92 Å². The summed E-state index contributed by atoms with van der Waals surface area (Å²) in [4.78, 5) is 0. The van der Waals surface area contributed by atoms with Gasteiger partial charge >= 0.3 is 0 Å². The van der Waals surface area contributed by atoms with Gasteiger partial charge in [-0.05, 0) is 44.6 Å². The molecule has 0 N–H and O–H groups in total. The third-order valence-corrected chi connectivity index (χ3v) is 4.21. The molecule has 1 fully saturated rings. The van der Waals surface area contributed by atoms with E-state index in [1.807, 2.05) is 12.1 Å². The summed E-state index contributed by atoms with van der Waals surface area (Å²) in [6.07, 6.45) is 4.16. The summed E-state index contributed by atoms with van der Waals surface area (Å²) in [5.74, 6) is 1.60. The monoisotopic (exact) mass is 243 g/mol. The Balaban J connectivity index is 2.44. The van der Waals surface area contributed by atoms with Crippen LogP contribution in [0.2, 0.25) is 0 Å². The van der Waals surface area contributed by atoms with Gasteiger partial charge in [-0.25, -0.2) is 0 Å². The molecule has 0 atom stereocenters. The van der Waals surface area contributed by atoms with Gasteiger partial charge in [0.05, 0.1) is 18.6 Å². The van der Waals surface area contributed by atoms with Crippen molar-refractivity contribution < 1.29 is 4.74 Å². The highest BCUT2D eigenvalue weighted by molar-refractivity contribution is 5.46. The second kappa shape index (κ2) is 5.02. The molecule has 1 aromatic carbocycles. The predicted molar refractivity (Wildman–Crippen MR) is 72.7 cm³/mol. The number of methoxy groups -OCH3 is 1. The van der Waals surface area contributed by atoms with E-state index < -0.39 is 0 Å². The molecule has 1 aliphatic rings. The second-order valence-corrected chi connectivity index (χ2v) is 5.58. The summed E-state index contributed by atoms with van der Waals surface area (Å²) in [5.41, 5.74) is 1.93. The molecule has 2 rings (SSSR count). The van der Waals surface area contributed by atoms with Gasteiger partial charge in [0.1, 0.15) is 5.75 Å². The molecule has 1 aromatic rings. The molecule has 1 saturated carbocycles. The molecule has 1 aliphatic carbocycles. The minimum atomic E-state index is -0.343. The zero-order valence-electron chi connectivity index (χ0n) is 11.5. The first-order valence-corrected chi connectivity index (χ1v) is 6.67. The van der Waals surface area contributed by atoms with Crippen LogP contribution >= 0.6 is 0 Å². The third-order valence-electron chi connectivity index (χ3n) is 4.21. The second-order valence-electron chi connectivity index (χ2n) is 5.58. The molecule has 0 heterocycles. The number of ether oxygens (including phenoxy) is 1. The third kappa shape index (κ3) is 2.22. The van der Waals surface area contributed by atoms with Crippen LogP contribution in [0.1, 0.15) is 43.7 Å². The minimum Gasteiger partial charge on any atom is -0.496 e. The number of benzene rings is 1. The Kier molecular flexibility index (Phi) is 3.61. The number of hydrogen-bond donors (Lipinski definition) is 0. The van der Waals surface area contributed by atoms with Crippen molar-refractivity contribution in [3.63, 3.8) is 0 Å². The van der Waals surface area contributed by atoms with Crippen LogP contribution in [0.3, 0.4) is 0 Å². The van der Waals surface area contributed by atoms with Crippen molar-refractivity contribution in [3.05, 3.63) is 29.3 Å². The maximum atomic E-state index is 9.69. The average molecular weight is 243 g/mol. The summed E-state index contributed by atoms with van der Waals surface area (Å²) >= 11 is 0. The zero-order chi connectivity index (χ0) is 13.2. The molecule has 2 nitrogen and oxygen atoms in total. The Morgan fingerprint density at radius 3 is 2.56 bits per heavy atom. The fourth-order valence-electron chi connectivity index (χ4n) is 2.89. The highest BCUT2D eigenvalue weighted by Crippen LogP contribution is 2.44. The number of nitriles is 1. The molecule has 18 heavy (non-hydrogen) atoms. The zero-order valence-corrected chi connectivity index (χ0v) is 11.5. The van der Waals surface area contributed by atoms with Crippen LogP contribution in [0, 0.1) is 24.2 Å². The van der Waals surface area contributed by atoms with Gasteiger partial charge in [0.25, 0.3) is 0 Å². The quantitative estimate of drug-likeness (QED) is 0.787. The van der Waals surface area contributed by atoms with Gasteiger partial charge in [-0.3, -0.25) is 0 Å². The molecular formula is C16H21NO. The van der Waals surface area contributed by atoms with E-state index in [9.17, 15) is 5.26 Å². The van der Waals surface area contributed by atoms with Gasteiger partial charge in [0, 0.05) is 5.56 Å². The Morgan fingerprint density at radius 2 is 2.00 bits per heavy atom. The minimum absolute atomic E-state index is 0.343. The van der Waals surface area contributed by atoms with E-state index in [0.717, 1.165) is 42.9 Å². The number of nitrogens with zero attached hydrogens (tertiary/aromatic N) is 1. The lowest BCUT2D eigenvalue weighted by atomic mass is 9.67. The molecule has 0 spiro atoms. The largest absolute Gasteiger partial charge is 0.496 e. The van der Waals surface area contributed by atoms with Crippen LogP contribution in [-0.2, 0) is 5.41 Å². The molecule has 0 aromatic heterocycles. The molecule has 0 aliphatic heterocycles. The average Bonchev–Trinajstić information content (AvgIpc) is 2.40. The van der Waals surface area contributed by atoms with Crippen LogP contribution in [0.5, 0.6) is 5.75 Å². The van der Waals surface area contributed by atoms with Crippen molar-refractivity contribution in [1.82, 2.24) is 0 Å². The van der Waals surface area contributed by atoms with Gasteiger partial charge in [-0.2, -0.15) is 5.26 Å². The van der Waals surface area contributed by atoms with Crippen LogP contribution in [-0.4, -0.2) is 7.11 Å². The van der Waals surface area contributed by atoms with E-state index in [0.29, 0.717) is 0 Å². The summed E-state index contributed by atoms with van der Waals surface area (Å²) in [7, 11) is 1.69. The lowest BCUT2D eigenvalue weighted by Crippen LogP contribution is -2.30. The van der Waals surface area contributed by atoms with Crippen molar-refractivity contribution in [2.75, 3.05) is 7.11 Å². The van der Waals surface area contributed by atoms with E-state index in [2.05, 4.69) is 26.0 Å². The highest BCUT2D eigenvalue weighted by atomic mass is 16.5. The van der Waals surface area contributed by atoms with Gasteiger partial charge in [0.2, 0.25) is 0 Å². The van der Waals surface area contributed by atoms with E-state index in [1.54, 1.807) is 7.11 Å². The van der Waals surface area contributed by atoms with Gasteiger partial charge in [-0.1, -0.05) is 24.6 Å². The SMILES string of the molecule is COc1ccc(C)cc1C1(C#N)CCC(C)CC1. The van der Waals surface area contributed by atoms with E-state index in [4.69, 9.17) is 4.74 Å². The fourth-order valence-corrected chi connectivity index (χ4v) is 2.89. The molecule has 0 unspecified atom stereocenters. The van der Waals surface area contributed by atoms with Crippen LogP contribution < -0.4 is 4.74 Å². The Bertz CT molecular complexity index is 464. The van der Waals surface area contributed by atoms with Crippen LogP contribution in [0.15, 0.2) is 18.2 Å². The van der Waals surface area contributed by atoms with Crippen molar-refractivity contribution in [2.45, 2.75) is 44.9 Å². The van der Waals surface area contributed by atoms with Crippen molar-refractivity contribution >= 4 is 0 Å². The number of rotatable bonds is 2. The number of hydrogen-bond acceptors (Lipinski definition) is 2. The van der Waals surface area contributed by atoms with Gasteiger partial charge < -0.3 is 4.74 Å². The molecule has 0 bridgehead atoms. The van der Waals surface area contributed by atoms with E-state index in [-0.39, 0.29) is 5.41 Å². The first-order valence-electron chi connectivity index (χ1n) is 6.67. The first kappa shape index (κ1) is 13.0. The van der Waals surface area contributed by atoms with Crippen molar-refractivity contribution in [1.29, 1.82) is 5.26 Å². The maximum absolute atomic E-state index is 9.69. The molecular weight excluding hydrogens is 222 g/mol. The molecule has 2 heteroatoms. The summed E-state index contributed by atoms with van der Waals surface area (Å²) < 4.78 is 5.46. The maximum Gasteiger partial charge on any atom is 0.123 e. The normalized spacial score (nSPS) is 27.6. The van der Waals surface area contributed by atoms with Gasteiger partial charge in [-0.15, -0.1) is 0 Å². The summed E-state index contributed by atoms with van der Waals surface area (Å²) in [6, 6.07) is 8.73. The Hall–Kier alpha value is -1.49. The smallest absolute Gasteiger partial charge is 0.123 e. The summed E-state index contributed by atoms with van der Waals surface area (Å²) in [5, 5.41) is 9.69. The van der Waals surface area contributed by atoms with Crippen molar-refractivity contribution in [3.8, 4) is 11.8 Å². The number of aryl methyl sites for hydroxylation is 1. The molecule has 0 radical (unpaired) electrons. The standard InChI is InChI=1S/C16H21NO/c1-12-6-8-16(11-17,9-7-12)14-10-13(2)4-5-15(14)18-3/h4-5,10,12H,6-9H2,1-3H3. The van der Waals surface area contributed by atoms with Crippen LogP contribution in [0.4, 0.5) is 0 Å². The molecule has 0 saturated heterocycles. The predicted octanol–water partition coefficient (Wildman–Crippen LogP) is 3.98. The fraction of sp³-hybridized carbons (Fsp3) is 0.562.